The van der Waals surface area contributed by atoms with Crippen molar-refractivity contribution in [3.63, 3.8) is 0 Å². The number of ether oxygens (including phenoxy) is 1. The predicted octanol–water partition coefficient (Wildman–Crippen LogP) is 3.43. The van der Waals surface area contributed by atoms with Crippen molar-refractivity contribution in [3.8, 4) is 5.75 Å². The van der Waals surface area contributed by atoms with Gasteiger partial charge in [0.15, 0.2) is 5.84 Å². The Morgan fingerprint density at radius 2 is 1.95 bits per heavy atom. The lowest BCUT2D eigenvalue weighted by Gasteiger charge is -2.08. The van der Waals surface area contributed by atoms with Gasteiger partial charge in [-0.3, -0.25) is 0 Å². The molecule has 7 heteroatoms. The van der Waals surface area contributed by atoms with Gasteiger partial charge in [0, 0.05) is 8.59 Å². The molecule has 0 aliphatic carbocycles. The Morgan fingerprint density at radius 1 is 1.23 bits per heavy atom. The second-order valence-corrected chi connectivity index (χ2v) is 5.78. The van der Waals surface area contributed by atoms with Crippen LogP contribution >= 0.6 is 34.2 Å². The van der Waals surface area contributed by atoms with Gasteiger partial charge in [0.1, 0.15) is 5.75 Å². The maximum Gasteiger partial charge on any atom is 0.366 e. The van der Waals surface area contributed by atoms with Crippen molar-refractivity contribution in [2.24, 2.45) is 10.9 Å². The second-order valence-electron chi connectivity index (χ2n) is 4.18. The van der Waals surface area contributed by atoms with Gasteiger partial charge in [-0.2, -0.15) is 0 Å². The lowest BCUT2D eigenvalue weighted by molar-refractivity contribution is 0.0514. The fourth-order valence-corrected chi connectivity index (χ4v) is 2.48. The number of oxime groups is 1. The van der Waals surface area contributed by atoms with E-state index in [9.17, 15) is 4.79 Å². The summed E-state index contributed by atoms with van der Waals surface area (Å²) >= 11 is 7.96. The van der Waals surface area contributed by atoms with E-state index in [2.05, 4.69) is 5.16 Å². The van der Waals surface area contributed by atoms with Crippen molar-refractivity contribution in [2.45, 2.75) is 0 Å². The highest BCUT2D eigenvalue weighted by Crippen LogP contribution is 2.22. The number of nitrogens with two attached hydrogens (primary N) is 1. The van der Waals surface area contributed by atoms with Gasteiger partial charge in [-0.15, -0.1) is 0 Å². The molecular weight excluding hydrogens is 419 g/mol. The van der Waals surface area contributed by atoms with E-state index in [4.69, 9.17) is 26.9 Å². The van der Waals surface area contributed by atoms with Gasteiger partial charge in [-0.25, -0.2) is 4.79 Å². The molecule has 2 aromatic carbocycles. The van der Waals surface area contributed by atoms with Crippen LogP contribution in [0.4, 0.5) is 0 Å². The molecule has 5 nitrogen and oxygen atoms in total. The van der Waals surface area contributed by atoms with Crippen molar-refractivity contribution in [1.82, 2.24) is 0 Å². The number of carbonyl (C=O) groups is 1. The van der Waals surface area contributed by atoms with Crippen LogP contribution in [0.25, 0.3) is 0 Å². The molecule has 0 saturated carbocycles. The van der Waals surface area contributed by atoms with E-state index in [0.29, 0.717) is 21.9 Å². The van der Waals surface area contributed by atoms with Gasteiger partial charge in [0.05, 0.1) is 18.2 Å². The van der Waals surface area contributed by atoms with E-state index >= 15 is 0 Å². The molecule has 0 fully saturated rings. The molecule has 0 heterocycles. The van der Waals surface area contributed by atoms with E-state index in [1.165, 1.54) is 7.11 Å². The van der Waals surface area contributed by atoms with Gasteiger partial charge in [-0.1, -0.05) is 28.9 Å². The summed E-state index contributed by atoms with van der Waals surface area (Å²) in [4.78, 5) is 16.9. The van der Waals surface area contributed by atoms with Crippen LogP contribution in [0.2, 0.25) is 5.02 Å². The van der Waals surface area contributed by atoms with Crippen LogP contribution in [-0.2, 0) is 4.84 Å². The van der Waals surface area contributed by atoms with Crippen LogP contribution in [0, 0.1) is 3.57 Å². The Labute approximate surface area is 146 Å². The maximum absolute atomic E-state index is 12.0. The zero-order chi connectivity index (χ0) is 16.1. The predicted molar refractivity (Wildman–Crippen MR) is 93.3 cm³/mol. The number of hydrogen-bond donors (Lipinski definition) is 1. The lowest BCUT2D eigenvalue weighted by atomic mass is 10.2. The normalized spacial score (nSPS) is 11.1. The average Bonchev–Trinajstić information content (AvgIpc) is 2.52. The molecule has 0 unspecified atom stereocenters. The van der Waals surface area contributed by atoms with Crippen LogP contribution in [0.5, 0.6) is 5.75 Å². The highest BCUT2D eigenvalue weighted by Gasteiger charge is 2.13. The van der Waals surface area contributed by atoms with Crippen molar-refractivity contribution >= 4 is 46.0 Å². The first-order valence-electron chi connectivity index (χ1n) is 6.16. The number of rotatable bonds is 4. The molecule has 2 N–H and O–H groups in total. The molecule has 0 radical (unpaired) electrons. The number of halogens is 2. The molecule has 0 spiro atoms. The number of methoxy groups -OCH3 is 1. The Bertz CT molecular complexity index is 734. The highest BCUT2D eigenvalue weighted by atomic mass is 127. The molecule has 114 valence electrons. The first-order chi connectivity index (χ1) is 10.5. The molecular formula is C15H12ClIN2O3. The molecule has 0 aliphatic heterocycles. The molecule has 22 heavy (non-hydrogen) atoms. The Kier molecular flexibility index (Phi) is 5.62. The monoisotopic (exact) mass is 430 g/mol. The molecule has 0 atom stereocenters. The Balaban J connectivity index is 2.22. The molecule has 0 bridgehead atoms. The quantitative estimate of drug-likeness (QED) is 0.265. The summed E-state index contributed by atoms with van der Waals surface area (Å²) in [6, 6.07) is 11.9. The van der Waals surface area contributed by atoms with Gasteiger partial charge < -0.3 is 15.3 Å². The number of hydrogen-bond acceptors (Lipinski definition) is 4. The molecule has 0 aromatic heterocycles. The molecule has 0 aliphatic rings. The molecule has 2 aromatic rings. The first-order valence-corrected chi connectivity index (χ1v) is 7.62. The summed E-state index contributed by atoms with van der Waals surface area (Å²) in [5, 5.41) is 4.13. The van der Waals surface area contributed by atoms with Crippen LogP contribution in [0.3, 0.4) is 0 Å². The lowest BCUT2D eigenvalue weighted by Crippen LogP contribution is -2.16. The number of nitrogens with zero attached hydrogens (tertiary/aromatic N) is 1. The third-order valence-electron chi connectivity index (χ3n) is 2.76. The van der Waals surface area contributed by atoms with Crippen LogP contribution < -0.4 is 10.5 Å². The van der Waals surface area contributed by atoms with E-state index in [1.807, 2.05) is 28.7 Å². The first kappa shape index (κ1) is 16.6. The van der Waals surface area contributed by atoms with E-state index < -0.39 is 5.97 Å². The molecule has 0 saturated heterocycles. The van der Waals surface area contributed by atoms with Crippen molar-refractivity contribution in [3.05, 3.63) is 62.2 Å². The fraction of sp³-hybridized carbons (Fsp3) is 0.0667. The molecule has 0 amide bonds. The summed E-state index contributed by atoms with van der Waals surface area (Å²) in [6.07, 6.45) is 0. The van der Waals surface area contributed by atoms with Crippen LogP contribution in [0.15, 0.2) is 47.6 Å². The second kappa shape index (κ2) is 7.46. The number of carbonyl (C=O) groups excluding carboxylic acids is 1. The minimum Gasteiger partial charge on any atom is -0.496 e. The zero-order valence-electron chi connectivity index (χ0n) is 11.5. The van der Waals surface area contributed by atoms with Gasteiger partial charge in [-0.05, 0) is 52.9 Å². The number of benzene rings is 2. The third kappa shape index (κ3) is 3.89. The smallest absolute Gasteiger partial charge is 0.366 e. The minimum atomic E-state index is -0.589. The fourth-order valence-electron chi connectivity index (χ4n) is 1.70. The number of amidine groups is 1. The van der Waals surface area contributed by atoms with E-state index in [1.54, 1.807) is 36.4 Å². The standard InChI is InChI=1S/C15H12ClIN2O3/c1-21-13-7-6-9(16)8-11(13)14(18)19-22-15(20)10-4-2-3-5-12(10)17/h2-8H,1H3,(H2,18,19). The van der Waals surface area contributed by atoms with Gasteiger partial charge in [0.25, 0.3) is 0 Å². The van der Waals surface area contributed by atoms with Gasteiger partial charge >= 0.3 is 5.97 Å². The van der Waals surface area contributed by atoms with Gasteiger partial charge in [0.2, 0.25) is 0 Å². The van der Waals surface area contributed by atoms with Crippen molar-refractivity contribution in [2.75, 3.05) is 7.11 Å². The zero-order valence-corrected chi connectivity index (χ0v) is 14.5. The highest BCUT2D eigenvalue weighted by molar-refractivity contribution is 14.1. The topological polar surface area (TPSA) is 73.9 Å². The third-order valence-corrected chi connectivity index (χ3v) is 3.93. The largest absolute Gasteiger partial charge is 0.496 e. The summed E-state index contributed by atoms with van der Waals surface area (Å²) in [7, 11) is 1.50. The van der Waals surface area contributed by atoms with E-state index in [-0.39, 0.29) is 5.84 Å². The summed E-state index contributed by atoms with van der Waals surface area (Å²) in [5.41, 5.74) is 6.70. The maximum atomic E-state index is 12.0. The summed E-state index contributed by atoms with van der Waals surface area (Å²) < 4.78 is 5.93. The minimum absolute atomic E-state index is 0.00126. The summed E-state index contributed by atoms with van der Waals surface area (Å²) in [6.45, 7) is 0. The van der Waals surface area contributed by atoms with Crippen LogP contribution in [0.1, 0.15) is 15.9 Å². The van der Waals surface area contributed by atoms with Crippen molar-refractivity contribution in [1.29, 1.82) is 0 Å². The Hall–Kier alpha value is -1.80. The average molecular weight is 431 g/mol. The SMILES string of the molecule is COc1ccc(Cl)cc1/C(N)=N/OC(=O)c1ccccc1I. The van der Waals surface area contributed by atoms with E-state index in [0.717, 1.165) is 3.57 Å². The van der Waals surface area contributed by atoms with Crippen LogP contribution in [-0.4, -0.2) is 18.9 Å². The Morgan fingerprint density at radius 3 is 2.64 bits per heavy atom. The van der Waals surface area contributed by atoms with Crippen molar-refractivity contribution < 1.29 is 14.4 Å². The molecule has 2 rings (SSSR count). The summed E-state index contributed by atoms with van der Waals surface area (Å²) in [5.74, 6) is -0.108.